The first kappa shape index (κ1) is 15.8. The highest BCUT2D eigenvalue weighted by Crippen LogP contribution is 2.41. The highest BCUT2D eigenvalue weighted by atomic mass is 16.4. The molecule has 0 bridgehead atoms. The van der Waals surface area contributed by atoms with E-state index in [1.165, 1.54) is 5.56 Å². The van der Waals surface area contributed by atoms with Crippen LogP contribution in [0, 0.1) is 12.8 Å². The van der Waals surface area contributed by atoms with Gasteiger partial charge in [-0.2, -0.15) is 0 Å². The van der Waals surface area contributed by atoms with Crippen LogP contribution < -0.4 is 10.2 Å². The Hall–Kier alpha value is -1.55. The zero-order valence-corrected chi connectivity index (χ0v) is 13.2. The summed E-state index contributed by atoms with van der Waals surface area (Å²) in [7, 11) is 0. The lowest BCUT2D eigenvalue weighted by Crippen LogP contribution is -2.61. The molecule has 2 N–H and O–H groups in total. The van der Waals surface area contributed by atoms with Crippen LogP contribution in [0.2, 0.25) is 0 Å². The van der Waals surface area contributed by atoms with Crippen LogP contribution in [-0.2, 0) is 4.79 Å². The fourth-order valence-corrected chi connectivity index (χ4v) is 3.13. The predicted octanol–water partition coefficient (Wildman–Crippen LogP) is 2.66. The summed E-state index contributed by atoms with van der Waals surface area (Å²) in [4.78, 5) is 14.2. The molecule has 1 fully saturated rings. The Kier molecular flexibility index (Phi) is 4.88. The van der Waals surface area contributed by atoms with E-state index in [4.69, 9.17) is 0 Å². The number of carboxylic acid groups (broad SMARTS) is 1. The van der Waals surface area contributed by atoms with Gasteiger partial charge < -0.3 is 15.3 Å². The summed E-state index contributed by atoms with van der Waals surface area (Å²) < 4.78 is 0. The SMILES string of the molecule is CCNC(CN(CC)c1ccccc1C)(C(=O)O)C1CC1. The number of para-hydroxylation sites is 1. The average molecular weight is 290 g/mol. The Morgan fingerprint density at radius 3 is 2.52 bits per heavy atom. The molecule has 4 heteroatoms. The molecule has 0 aliphatic heterocycles. The number of benzene rings is 1. The Bertz CT molecular complexity index is 499. The number of hydrogen-bond acceptors (Lipinski definition) is 3. The van der Waals surface area contributed by atoms with Gasteiger partial charge in [-0.05, 0) is 50.8 Å². The third kappa shape index (κ3) is 3.21. The van der Waals surface area contributed by atoms with Crippen molar-refractivity contribution in [3.05, 3.63) is 29.8 Å². The van der Waals surface area contributed by atoms with Crippen LogP contribution in [0.15, 0.2) is 24.3 Å². The number of carboxylic acids is 1. The van der Waals surface area contributed by atoms with Gasteiger partial charge in [0.05, 0.1) is 0 Å². The van der Waals surface area contributed by atoms with E-state index in [1.807, 2.05) is 19.1 Å². The molecule has 116 valence electrons. The summed E-state index contributed by atoms with van der Waals surface area (Å²) in [5, 5.41) is 13.1. The van der Waals surface area contributed by atoms with E-state index in [-0.39, 0.29) is 5.92 Å². The third-order valence-electron chi connectivity index (χ3n) is 4.43. The molecule has 1 saturated carbocycles. The molecule has 1 atom stereocenters. The van der Waals surface area contributed by atoms with Gasteiger partial charge in [0.1, 0.15) is 5.54 Å². The number of carbonyl (C=O) groups is 1. The molecule has 1 aliphatic carbocycles. The largest absolute Gasteiger partial charge is 0.480 e. The zero-order chi connectivity index (χ0) is 15.5. The summed E-state index contributed by atoms with van der Waals surface area (Å²) in [6, 6.07) is 8.18. The van der Waals surface area contributed by atoms with Crippen molar-refractivity contribution >= 4 is 11.7 Å². The number of aryl methyl sites for hydroxylation is 1. The van der Waals surface area contributed by atoms with E-state index in [2.05, 4.69) is 36.2 Å². The van der Waals surface area contributed by atoms with Crippen molar-refractivity contribution in [3.8, 4) is 0 Å². The molecule has 0 radical (unpaired) electrons. The van der Waals surface area contributed by atoms with Gasteiger partial charge in [-0.25, -0.2) is 0 Å². The van der Waals surface area contributed by atoms with Gasteiger partial charge in [0.15, 0.2) is 0 Å². The molecule has 0 aromatic heterocycles. The molecular weight excluding hydrogens is 264 g/mol. The van der Waals surface area contributed by atoms with Crippen molar-refractivity contribution in [2.45, 2.75) is 39.2 Å². The lowest BCUT2D eigenvalue weighted by molar-refractivity contribution is -0.145. The Morgan fingerprint density at radius 2 is 2.05 bits per heavy atom. The number of anilines is 1. The lowest BCUT2D eigenvalue weighted by Gasteiger charge is -2.37. The molecule has 21 heavy (non-hydrogen) atoms. The average Bonchev–Trinajstić information content (AvgIpc) is 3.29. The first-order valence-corrected chi connectivity index (χ1v) is 7.84. The molecule has 0 spiro atoms. The van der Waals surface area contributed by atoms with Crippen molar-refractivity contribution in [1.29, 1.82) is 0 Å². The van der Waals surface area contributed by atoms with Gasteiger partial charge in [-0.15, -0.1) is 0 Å². The first-order chi connectivity index (χ1) is 10.0. The van der Waals surface area contributed by atoms with Crippen molar-refractivity contribution in [2.75, 3.05) is 24.5 Å². The molecule has 1 aromatic carbocycles. The molecule has 1 aliphatic rings. The molecule has 4 nitrogen and oxygen atoms in total. The monoisotopic (exact) mass is 290 g/mol. The molecule has 0 heterocycles. The minimum Gasteiger partial charge on any atom is -0.480 e. The van der Waals surface area contributed by atoms with Gasteiger partial charge in [0.2, 0.25) is 0 Å². The molecule has 1 aromatic rings. The number of nitrogens with one attached hydrogen (secondary N) is 1. The van der Waals surface area contributed by atoms with Gasteiger partial charge in [0.25, 0.3) is 0 Å². The van der Waals surface area contributed by atoms with E-state index >= 15 is 0 Å². The highest BCUT2D eigenvalue weighted by molar-refractivity contribution is 5.81. The van der Waals surface area contributed by atoms with Gasteiger partial charge >= 0.3 is 5.97 Å². The smallest absolute Gasteiger partial charge is 0.326 e. The predicted molar refractivity (Wildman–Crippen MR) is 85.8 cm³/mol. The van der Waals surface area contributed by atoms with Gasteiger partial charge in [-0.3, -0.25) is 4.79 Å². The normalized spacial score (nSPS) is 17.3. The Morgan fingerprint density at radius 1 is 1.38 bits per heavy atom. The summed E-state index contributed by atoms with van der Waals surface area (Å²) in [5.74, 6) is -0.480. The van der Waals surface area contributed by atoms with Crippen LogP contribution in [0.4, 0.5) is 5.69 Å². The van der Waals surface area contributed by atoms with Crippen molar-refractivity contribution in [1.82, 2.24) is 5.32 Å². The summed E-state index contributed by atoms with van der Waals surface area (Å²) in [5.41, 5.74) is 1.49. The summed E-state index contributed by atoms with van der Waals surface area (Å²) in [6.45, 7) is 8.13. The van der Waals surface area contributed by atoms with Crippen molar-refractivity contribution in [2.24, 2.45) is 5.92 Å². The van der Waals surface area contributed by atoms with Crippen molar-refractivity contribution < 1.29 is 9.90 Å². The minimum atomic E-state index is -0.826. The third-order valence-corrected chi connectivity index (χ3v) is 4.43. The van der Waals surface area contributed by atoms with E-state index in [1.54, 1.807) is 0 Å². The molecule has 2 rings (SSSR count). The van der Waals surface area contributed by atoms with Gasteiger partial charge in [-0.1, -0.05) is 25.1 Å². The molecule has 1 unspecified atom stereocenters. The van der Waals surface area contributed by atoms with Crippen LogP contribution in [0.1, 0.15) is 32.3 Å². The van der Waals surface area contributed by atoms with Crippen LogP contribution in [0.5, 0.6) is 0 Å². The fraction of sp³-hybridized carbons (Fsp3) is 0.588. The number of rotatable bonds is 8. The van der Waals surface area contributed by atoms with E-state index in [0.29, 0.717) is 13.1 Å². The van der Waals surface area contributed by atoms with Gasteiger partial charge in [0, 0.05) is 18.8 Å². The summed E-state index contributed by atoms with van der Waals surface area (Å²) >= 11 is 0. The van der Waals surface area contributed by atoms with E-state index in [9.17, 15) is 9.90 Å². The fourth-order valence-electron chi connectivity index (χ4n) is 3.13. The number of hydrogen-bond donors (Lipinski definition) is 2. The second-order valence-electron chi connectivity index (χ2n) is 5.88. The van der Waals surface area contributed by atoms with Crippen LogP contribution in [-0.4, -0.2) is 36.2 Å². The molecule has 0 saturated heterocycles. The maximum atomic E-state index is 12.0. The van der Waals surface area contributed by atoms with Crippen molar-refractivity contribution in [3.63, 3.8) is 0 Å². The highest BCUT2D eigenvalue weighted by Gasteiger charge is 2.51. The zero-order valence-electron chi connectivity index (χ0n) is 13.2. The second kappa shape index (κ2) is 6.48. The Balaban J connectivity index is 2.29. The number of aliphatic carboxylic acids is 1. The molecular formula is C17H26N2O2. The lowest BCUT2D eigenvalue weighted by atomic mass is 9.91. The summed E-state index contributed by atoms with van der Waals surface area (Å²) in [6.07, 6.45) is 2.01. The van der Waals surface area contributed by atoms with E-state index < -0.39 is 11.5 Å². The standard InChI is InChI=1S/C17H26N2O2/c1-4-18-17(16(20)21,14-10-11-14)12-19(5-2)15-9-7-6-8-13(15)3/h6-9,14,18H,4-5,10-12H2,1-3H3,(H,20,21). The number of nitrogens with zero attached hydrogens (tertiary/aromatic N) is 1. The van der Waals surface area contributed by atoms with Crippen LogP contribution in [0.25, 0.3) is 0 Å². The number of likely N-dealkylation sites (N-methyl/N-ethyl adjacent to an activating group) is 2. The maximum absolute atomic E-state index is 12.0. The quantitative estimate of drug-likeness (QED) is 0.773. The topological polar surface area (TPSA) is 52.6 Å². The minimum absolute atomic E-state index is 0.244. The van der Waals surface area contributed by atoms with Crippen LogP contribution >= 0.6 is 0 Å². The second-order valence-corrected chi connectivity index (χ2v) is 5.88. The first-order valence-electron chi connectivity index (χ1n) is 7.84. The Labute approximate surface area is 127 Å². The molecule has 0 amide bonds. The maximum Gasteiger partial charge on any atom is 0.326 e. The van der Waals surface area contributed by atoms with Crippen LogP contribution in [0.3, 0.4) is 0 Å². The van der Waals surface area contributed by atoms with E-state index in [0.717, 1.165) is 25.1 Å².